The number of ketones is 1. The first-order chi connectivity index (χ1) is 7.20. The predicted molar refractivity (Wildman–Crippen MR) is 58.7 cm³/mol. The molecule has 0 amide bonds. The molecular formula is C12H19NO2. The van der Waals surface area contributed by atoms with Gasteiger partial charge in [-0.15, -0.1) is 0 Å². The summed E-state index contributed by atoms with van der Waals surface area (Å²) in [7, 11) is 0. The molecule has 0 saturated carbocycles. The molecule has 2 aliphatic heterocycles. The maximum absolute atomic E-state index is 12.0. The lowest BCUT2D eigenvalue weighted by molar-refractivity contribution is -0.122. The summed E-state index contributed by atoms with van der Waals surface area (Å²) >= 11 is 0. The van der Waals surface area contributed by atoms with E-state index in [1.165, 1.54) is 0 Å². The van der Waals surface area contributed by atoms with Crippen LogP contribution in [0.4, 0.5) is 0 Å². The van der Waals surface area contributed by atoms with Gasteiger partial charge in [0.05, 0.1) is 13.2 Å². The largest absolute Gasteiger partial charge is 0.378 e. The van der Waals surface area contributed by atoms with Crippen LogP contribution in [0, 0.1) is 5.92 Å². The molecule has 2 rings (SSSR count). The highest BCUT2D eigenvalue weighted by Crippen LogP contribution is 2.26. The van der Waals surface area contributed by atoms with Gasteiger partial charge in [0, 0.05) is 18.0 Å². The molecule has 2 saturated heterocycles. The summed E-state index contributed by atoms with van der Waals surface area (Å²) in [6.45, 7) is 5.36. The quantitative estimate of drug-likeness (QED) is 0.696. The van der Waals surface area contributed by atoms with Crippen molar-refractivity contribution in [3.8, 4) is 0 Å². The van der Waals surface area contributed by atoms with Crippen LogP contribution in [0.5, 0.6) is 0 Å². The fraction of sp³-hybridized carbons (Fsp3) is 0.750. The van der Waals surface area contributed by atoms with E-state index in [0.29, 0.717) is 17.9 Å². The molecule has 2 fully saturated rings. The lowest BCUT2D eigenvalue weighted by Crippen LogP contribution is -2.55. The van der Waals surface area contributed by atoms with Crippen LogP contribution in [-0.2, 0) is 9.53 Å². The minimum absolute atomic E-state index is 0.210. The summed E-state index contributed by atoms with van der Waals surface area (Å²) in [5.41, 5.74) is 0.904. The molecule has 0 aliphatic carbocycles. The third kappa shape index (κ3) is 2.29. The smallest absolute Gasteiger partial charge is 0.161 e. The number of carbonyl (C=O) groups excluding carboxylic acids is 1. The van der Waals surface area contributed by atoms with Gasteiger partial charge in [-0.2, -0.15) is 0 Å². The Labute approximate surface area is 90.9 Å². The van der Waals surface area contributed by atoms with Crippen molar-refractivity contribution >= 4 is 5.78 Å². The van der Waals surface area contributed by atoms with Gasteiger partial charge in [0.1, 0.15) is 0 Å². The molecular weight excluding hydrogens is 190 g/mol. The summed E-state index contributed by atoms with van der Waals surface area (Å²) in [5, 5.41) is 3.50. The molecule has 1 N–H and O–H groups in total. The number of hydrogen-bond donors (Lipinski definition) is 1. The summed E-state index contributed by atoms with van der Waals surface area (Å²) in [6.07, 6.45) is 3.78. The van der Waals surface area contributed by atoms with Gasteiger partial charge >= 0.3 is 0 Å². The van der Waals surface area contributed by atoms with Crippen LogP contribution >= 0.6 is 0 Å². The first kappa shape index (κ1) is 10.8. The molecule has 0 radical (unpaired) electrons. The zero-order chi connectivity index (χ0) is 10.8. The highest BCUT2D eigenvalue weighted by Gasteiger charge is 2.35. The fourth-order valence-electron chi connectivity index (χ4n) is 2.52. The Bertz CT molecular complexity index is 273. The van der Waals surface area contributed by atoms with Crippen LogP contribution < -0.4 is 5.32 Å². The molecule has 15 heavy (non-hydrogen) atoms. The Morgan fingerprint density at radius 2 is 1.93 bits per heavy atom. The zero-order valence-corrected chi connectivity index (χ0v) is 9.45. The van der Waals surface area contributed by atoms with E-state index in [1.807, 2.05) is 19.9 Å². The topological polar surface area (TPSA) is 38.3 Å². The standard InChI is InChI=1S/C12H19NO2/c1-3-8(2)12(14)9-4-10-6-15-7-11(5-9)13-10/h3,9-11,13H,4-7H2,1-2H3. The van der Waals surface area contributed by atoms with E-state index >= 15 is 0 Å². The Morgan fingerprint density at radius 1 is 1.33 bits per heavy atom. The molecule has 2 bridgehead atoms. The van der Waals surface area contributed by atoms with Crippen molar-refractivity contribution < 1.29 is 9.53 Å². The number of allylic oxidation sites excluding steroid dienone is 2. The van der Waals surface area contributed by atoms with Gasteiger partial charge in [0.15, 0.2) is 5.78 Å². The molecule has 0 aromatic carbocycles. The van der Waals surface area contributed by atoms with Crippen molar-refractivity contribution in [2.75, 3.05) is 13.2 Å². The molecule has 0 aromatic rings. The normalized spacial score (nSPS) is 36.4. The van der Waals surface area contributed by atoms with Crippen LogP contribution in [-0.4, -0.2) is 31.1 Å². The van der Waals surface area contributed by atoms with Crippen molar-refractivity contribution in [3.05, 3.63) is 11.6 Å². The monoisotopic (exact) mass is 209 g/mol. The van der Waals surface area contributed by atoms with Crippen LogP contribution in [0.3, 0.4) is 0 Å². The van der Waals surface area contributed by atoms with Crippen molar-refractivity contribution in [2.24, 2.45) is 5.92 Å². The van der Waals surface area contributed by atoms with Gasteiger partial charge in [-0.3, -0.25) is 4.79 Å². The number of Topliss-reactive ketones (excluding diaryl/α,β-unsaturated/α-hetero) is 1. The molecule has 84 valence electrons. The van der Waals surface area contributed by atoms with Gasteiger partial charge in [-0.05, 0) is 32.3 Å². The number of hydrogen-bond acceptors (Lipinski definition) is 3. The third-order valence-corrected chi connectivity index (χ3v) is 3.44. The van der Waals surface area contributed by atoms with E-state index in [-0.39, 0.29) is 5.92 Å². The second-order valence-corrected chi connectivity index (χ2v) is 4.60. The van der Waals surface area contributed by atoms with E-state index in [0.717, 1.165) is 31.6 Å². The van der Waals surface area contributed by atoms with E-state index in [4.69, 9.17) is 4.74 Å². The van der Waals surface area contributed by atoms with Crippen LogP contribution in [0.15, 0.2) is 11.6 Å². The average Bonchev–Trinajstić information content (AvgIpc) is 2.26. The highest BCUT2D eigenvalue weighted by atomic mass is 16.5. The lowest BCUT2D eigenvalue weighted by atomic mass is 9.82. The Balaban J connectivity index is 2.02. The minimum Gasteiger partial charge on any atom is -0.378 e. The average molecular weight is 209 g/mol. The number of carbonyl (C=O) groups is 1. The fourth-order valence-corrected chi connectivity index (χ4v) is 2.52. The highest BCUT2D eigenvalue weighted by molar-refractivity contribution is 5.96. The minimum atomic E-state index is 0.210. The maximum atomic E-state index is 12.0. The first-order valence-corrected chi connectivity index (χ1v) is 5.71. The predicted octanol–water partition coefficient (Wildman–Crippen LogP) is 1.29. The summed E-state index contributed by atoms with van der Waals surface area (Å²) in [4.78, 5) is 12.0. The third-order valence-electron chi connectivity index (χ3n) is 3.44. The number of morpholine rings is 1. The van der Waals surface area contributed by atoms with E-state index in [1.54, 1.807) is 0 Å². The lowest BCUT2D eigenvalue weighted by Gasteiger charge is -2.39. The molecule has 3 nitrogen and oxygen atoms in total. The van der Waals surface area contributed by atoms with Gasteiger partial charge in [-0.1, -0.05) is 6.08 Å². The molecule has 2 heterocycles. The number of rotatable bonds is 2. The first-order valence-electron chi connectivity index (χ1n) is 5.71. The Kier molecular flexibility index (Phi) is 3.22. The van der Waals surface area contributed by atoms with Crippen molar-refractivity contribution in [2.45, 2.75) is 38.8 Å². The number of piperidine rings is 1. The van der Waals surface area contributed by atoms with E-state index in [2.05, 4.69) is 5.32 Å². The second kappa shape index (κ2) is 4.45. The molecule has 3 heteroatoms. The van der Waals surface area contributed by atoms with Crippen LogP contribution in [0.2, 0.25) is 0 Å². The van der Waals surface area contributed by atoms with Gasteiger partial charge < -0.3 is 10.1 Å². The number of ether oxygens (including phenoxy) is 1. The summed E-state index contributed by atoms with van der Waals surface area (Å²) in [6, 6.07) is 0.771. The SMILES string of the molecule is CC=C(C)C(=O)C1CC2COCC(C1)N2. The van der Waals surface area contributed by atoms with E-state index in [9.17, 15) is 4.79 Å². The molecule has 2 atom stereocenters. The summed E-state index contributed by atoms with van der Waals surface area (Å²) < 4.78 is 5.46. The van der Waals surface area contributed by atoms with Crippen molar-refractivity contribution in [1.29, 1.82) is 0 Å². The molecule has 0 spiro atoms. The number of fused-ring (bicyclic) bond motifs is 2. The van der Waals surface area contributed by atoms with Gasteiger partial charge in [0.2, 0.25) is 0 Å². The molecule has 2 aliphatic rings. The second-order valence-electron chi connectivity index (χ2n) is 4.60. The van der Waals surface area contributed by atoms with Gasteiger partial charge in [0.25, 0.3) is 0 Å². The van der Waals surface area contributed by atoms with Crippen LogP contribution in [0.25, 0.3) is 0 Å². The zero-order valence-electron chi connectivity index (χ0n) is 9.45. The number of nitrogens with one attached hydrogen (secondary N) is 1. The molecule has 0 aromatic heterocycles. The Hall–Kier alpha value is -0.670. The Morgan fingerprint density at radius 3 is 2.47 bits per heavy atom. The summed E-state index contributed by atoms with van der Waals surface area (Å²) in [5.74, 6) is 0.539. The maximum Gasteiger partial charge on any atom is 0.161 e. The van der Waals surface area contributed by atoms with Gasteiger partial charge in [-0.25, -0.2) is 0 Å². The van der Waals surface area contributed by atoms with E-state index < -0.39 is 0 Å². The van der Waals surface area contributed by atoms with Crippen molar-refractivity contribution in [1.82, 2.24) is 5.32 Å². The van der Waals surface area contributed by atoms with Crippen molar-refractivity contribution in [3.63, 3.8) is 0 Å². The molecule has 2 unspecified atom stereocenters. The van der Waals surface area contributed by atoms with Crippen LogP contribution in [0.1, 0.15) is 26.7 Å².